The molecule has 1 saturated carbocycles. The number of carbonyl (C=O) groups is 1. The predicted octanol–water partition coefficient (Wildman–Crippen LogP) is 4.50. The first-order valence-corrected chi connectivity index (χ1v) is 11.4. The third kappa shape index (κ3) is 4.72. The third-order valence-corrected chi connectivity index (χ3v) is 6.82. The van der Waals surface area contributed by atoms with E-state index in [0.29, 0.717) is 0 Å². The number of ether oxygens (including phenoxy) is 2. The summed E-state index contributed by atoms with van der Waals surface area (Å²) in [5, 5.41) is 3.36. The number of hydrogen-bond acceptors (Lipinski definition) is 4. The van der Waals surface area contributed by atoms with Crippen LogP contribution in [0.3, 0.4) is 0 Å². The van der Waals surface area contributed by atoms with Crippen molar-refractivity contribution in [1.82, 2.24) is 10.2 Å². The van der Waals surface area contributed by atoms with Crippen molar-refractivity contribution in [2.24, 2.45) is 5.92 Å². The number of hydrogen-bond donors (Lipinski definition) is 1. The molecule has 1 N–H and O–H groups in total. The first-order chi connectivity index (χ1) is 15.1. The monoisotopic (exact) mass is 422 g/mol. The quantitative estimate of drug-likeness (QED) is 0.714. The first-order valence-electron chi connectivity index (χ1n) is 11.4. The normalized spacial score (nSPS) is 20.2. The van der Waals surface area contributed by atoms with Crippen LogP contribution in [0.15, 0.2) is 42.5 Å². The lowest BCUT2D eigenvalue weighted by Gasteiger charge is -2.41. The second kappa shape index (κ2) is 9.73. The molecule has 2 aromatic rings. The highest BCUT2D eigenvalue weighted by atomic mass is 16.5. The SMILES string of the molecule is COc1cc2c(cc1OC)[C@H]([C@@H](C)NC(=O)C1CCCC1)N(Cc1ccccc1)CC2. The molecule has 0 bridgehead atoms. The molecule has 0 aromatic heterocycles. The lowest BCUT2D eigenvalue weighted by atomic mass is 9.87. The van der Waals surface area contributed by atoms with Gasteiger partial charge in [0, 0.05) is 25.0 Å². The fraction of sp³-hybridized carbons (Fsp3) is 0.500. The van der Waals surface area contributed by atoms with Crippen molar-refractivity contribution in [3.05, 3.63) is 59.2 Å². The average Bonchev–Trinajstić information content (AvgIpc) is 3.33. The fourth-order valence-electron chi connectivity index (χ4n) is 5.22. The van der Waals surface area contributed by atoms with Crippen molar-refractivity contribution in [2.45, 2.75) is 57.7 Å². The zero-order valence-electron chi connectivity index (χ0n) is 18.9. The third-order valence-electron chi connectivity index (χ3n) is 6.82. The summed E-state index contributed by atoms with van der Waals surface area (Å²) < 4.78 is 11.2. The number of methoxy groups -OCH3 is 2. The van der Waals surface area contributed by atoms with E-state index < -0.39 is 0 Å². The fourth-order valence-corrected chi connectivity index (χ4v) is 5.22. The highest BCUT2D eigenvalue weighted by Crippen LogP contribution is 2.40. The summed E-state index contributed by atoms with van der Waals surface area (Å²) in [6.45, 7) is 3.93. The lowest BCUT2D eigenvalue weighted by Crippen LogP contribution is -2.48. The van der Waals surface area contributed by atoms with Gasteiger partial charge in [-0.05, 0) is 55.0 Å². The van der Waals surface area contributed by atoms with Gasteiger partial charge in [-0.25, -0.2) is 0 Å². The Hall–Kier alpha value is -2.53. The second-order valence-corrected chi connectivity index (χ2v) is 8.84. The molecular weight excluding hydrogens is 388 g/mol. The van der Waals surface area contributed by atoms with Crippen molar-refractivity contribution in [2.75, 3.05) is 20.8 Å². The number of benzene rings is 2. The molecule has 166 valence electrons. The molecule has 1 aliphatic heterocycles. The minimum Gasteiger partial charge on any atom is -0.493 e. The number of amides is 1. The molecule has 2 aliphatic rings. The molecule has 0 spiro atoms. The smallest absolute Gasteiger partial charge is 0.223 e. The van der Waals surface area contributed by atoms with Crippen molar-refractivity contribution >= 4 is 5.91 Å². The zero-order chi connectivity index (χ0) is 21.8. The van der Waals surface area contributed by atoms with Crippen LogP contribution in [0.4, 0.5) is 0 Å². The number of fused-ring (bicyclic) bond motifs is 1. The van der Waals surface area contributed by atoms with Gasteiger partial charge in [0.15, 0.2) is 11.5 Å². The van der Waals surface area contributed by atoms with E-state index in [1.165, 1.54) is 16.7 Å². The van der Waals surface area contributed by atoms with E-state index in [4.69, 9.17) is 9.47 Å². The number of carbonyl (C=O) groups excluding carboxylic acids is 1. The van der Waals surface area contributed by atoms with E-state index in [2.05, 4.69) is 53.5 Å². The van der Waals surface area contributed by atoms with Gasteiger partial charge in [0.05, 0.1) is 20.3 Å². The van der Waals surface area contributed by atoms with Crippen molar-refractivity contribution in [3.8, 4) is 11.5 Å². The van der Waals surface area contributed by atoms with E-state index in [-0.39, 0.29) is 23.9 Å². The summed E-state index contributed by atoms with van der Waals surface area (Å²) in [6.07, 6.45) is 5.30. The molecule has 1 aliphatic carbocycles. The van der Waals surface area contributed by atoms with E-state index in [1.54, 1.807) is 14.2 Å². The van der Waals surface area contributed by atoms with Crippen LogP contribution in [-0.2, 0) is 17.8 Å². The van der Waals surface area contributed by atoms with Crippen molar-refractivity contribution in [1.29, 1.82) is 0 Å². The van der Waals surface area contributed by atoms with Gasteiger partial charge < -0.3 is 14.8 Å². The van der Waals surface area contributed by atoms with Crippen LogP contribution in [0.5, 0.6) is 11.5 Å². The van der Waals surface area contributed by atoms with E-state index in [9.17, 15) is 4.79 Å². The molecule has 5 heteroatoms. The molecule has 2 atom stereocenters. The number of nitrogens with one attached hydrogen (secondary N) is 1. The Morgan fingerprint density at radius 1 is 1.10 bits per heavy atom. The van der Waals surface area contributed by atoms with Crippen LogP contribution in [0, 0.1) is 5.92 Å². The van der Waals surface area contributed by atoms with Crippen LogP contribution in [0.2, 0.25) is 0 Å². The standard InChI is InChI=1S/C26H34N2O3/c1-18(27-26(29)20-11-7-8-12-20)25-22-16-24(31-3)23(30-2)15-21(22)13-14-28(25)17-19-9-5-4-6-10-19/h4-6,9-10,15-16,18,20,25H,7-8,11-14,17H2,1-3H3,(H,27,29)/t18-,25+/m1/s1. The largest absolute Gasteiger partial charge is 0.493 e. The van der Waals surface area contributed by atoms with Crippen molar-refractivity contribution in [3.63, 3.8) is 0 Å². The molecule has 5 nitrogen and oxygen atoms in total. The molecular formula is C26H34N2O3. The summed E-state index contributed by atoms with van der Waals surface area (Å²) in [5.41, 5.74) is 3.78. The van der Waals surface area contributed by atoms with Gasteiger partial charge >= 0.3 is 0 Å². The van der Waals surface area contributed by atoms with Gasteiger partial charge in [-0.3, -0.25) is 9.69 Å². The Labute approximate surface area is 185 Å². The maximum absolute atomic E-state index is 12.9. The van der Waals surface area contributed by atoms with E-state index >= 15 is 0 Å². The molecule has 1 fully saturated rings. The topological polar surface area (TPSA) is 50.8 Å². The van der Waals surface area contributed by atoms with Gasteiger partial charge in [0.1, 0.15) is 0 Å². The first kappa shape index (κ1) is 21.7. The van der Waals surface area contributed by atoms with Crippen LogP contribution >= 0.6 is 0 Å². The van der Waals surface area contributed by atoms with Crippen LogP contribution < -0.4 is 14.8 Å². The van der Waals surface area contributed by atoms with Crippen LogP contribution in [0.25, 0.3) is 0 Å². The Bertz CT molecular complexity index is 893. The Balaban J connectivity index is 1.65. The number of rotatable bonds is 7. The van der Waals surface area contributed by atoms with Gasteiger partial charge in [0.25, 0.3) is 0 Å². The molecule has 1 heterocycles. The molecule has 2 aromatic carbocycles. The van der Waals surface area contributed by atoms with Gasteiger partial charge in [-0.15, -0.1) is 0 Å². The minimum atomic E-state index is -0.00559. The highest BCUT2D eigenvalue weighted by molar-refractivity contribution is 5.79. The Kier molecular flexibility index (Phi) is 6.81. The average molecular weight is 423 g/mol. The second-order valence-electron chi connectivity index (χ2n) is 8.84. The summed E-state index contributed by atoms with van der Waals surface area (Å²) in [5.74, 6) is 1.87. The maximum Gasteiger partial charge on any atom is 0.223 e. The van der Waals surface area contributed by atoms with Crippen LogP contribution in [0.1, 0.15) is 55.3 Å². The maximum atomic E-state index is 12.9. The molecule has 4 rings (SSSR count). The zero-order valence-corrected chi connectivity index (χ0v) is 18.9. The summed E-state index contributed by atoms with van der Waals surface area (Å²) in [7, 11) is 3.35. The number of nitrogens with zero attached hydrogens (tertiary/aromatic N) is 1. The lowest BCUT2D eigenvalue weighted by molar-refractivity contribution is -0.126. The minimum absolute atomic E-state index is 0.00559. The predicted molar refractivity (Wildman–Crippen MR) is 122 cm³/mol. The summed E-state index contributed by atoms with van der Waals surface area (Å²) >= 11 is 0. The Morgan fingerprint density at radius 2 is 1.77 bits per heavy atom. The van der Waals surface area contributed by atoms with Gasteiger partial charge in [-0.2, -0.15) is 0 Å². The van der Waals surface area contributed by atoms with E-state index in [1.807, 2.05) is 6.07 Å². The van der Waals surface area contributed by atoms with E-state index in [0.717, 1.165) is 56.7 Å². The molecule has 0 radical (unpaired) electrons. The summed E-state index contributed by atoms with van der Waals surface area (Å²) in [6, 6.07) is 14.8. The van der Waals surface area contributed by atoms with Gasteiger partial charge in [-0.1, -0.05) is 43.2 Å². The van der Waals surface area contributed by atoms with Crippen molar-refractivity contribution < 1.29 is 14.3 Å². The Morgan fingerprint density at radius 3 is 2.45 bits per heavy atom. The molecule has 0 saturated heterocycles. The molecule has 31 heavy (non-hydrogen) atoms. The summed E-state index contributed by atoms with van der Waals surface area (Å²) in [4.78, 5) is 15.4. The molecule has 1 amide bonds. The molecule has 0 unspecified atom stereocenters. The van der Waals surface area contributed by atoms with Crippen LogP contribution in [-0.4, -0.2) is 37.6 Å². The van der Waals surface area contributed by atoms with Gasteiger partial charge in [0.2, 0.25) is 5.91 Å². The highest BCUT2D eigenvalue weighted by Gasteiger charge is 2.35.